The van der Waals surface area contributed by atoms with Gasteiger partial charge in [0.05, 0.1) is 0 Å². The lowest BCUT2D eigenvalue weighted by Gasteiger charge is -2.16. The van der Waals surface area contributed by atoms with Crippen molar-refractivity contribution in [1.29, 1.82) is 0 Å². The number of carbonyl (C=O) groups is 2. The van der Waals surface area contributed by atoms with Crippen LogP contribution in [-0.2, 0) is 16.0 Å². The fourth-order valence-electron chi connectivity index (χ4n) is 3.62. The molecule has 7 nitrogen and oxygen atoms in total. The standard InChI is InChI=1S/C24H33NO6S/c1-5-6-7-8-9-18-15(2)17-10-11-20(16(3)22(17)31-24(18)29)30-14-21(26)25-19(23(27)28)12-13-32-4/h10-11,19H,5-9,12-14H2,1-4H3,(H,25,26)(H,27,28). The van der Waals surface area contributed by atoms with E-state index in [1.54, 1.807) is 13.0 Å². The van der Waals surface area contributed by atoms with Crippen LogP contribution in [0, 0.1) is 13.8 Å². The van der Waals surface area contributed by atoms with E-state index in [1.807, 2.05) is 19.2 Å². The highest BCUT2D eigenvalue weighted by Gasteiger charge is 2.20. The fraction of sp³-hybridized carbons (Fsp3) is 0.542. The molecule has 1 amide bonds. The molecule has 1 atom stereocenters. The molecule has 2 aromatic rings. The predicted molar refractivity (Wildman–Crippen MR) is 128 cm³/mol. The number of benzene rings is 1. The van der Waals surface area contributed by atoms with Gasteiger partial charge in [0.15, 0.2) is 6.61 Å². The van der Waals surface area contributed by atoms with Gasteiger partial charge in [-0.3, -0.25) is 4.79 Å². The van der Waals surface area contributed by atoms with Crippen molar-refractivity contribution in [3.8, 4) is 5.75 Å². The minimum Gasteiger partial charge on any atom is -0.483 e. The lowest BCUT2D eigenvalue weighted by molar-refractivity contribution is -0.142. The third kappa shape index (κ3) is 6.76. The van der Waals surface area contributed by atoms with Gasteiger partial charge in [0.1, 0.15) is 17.4 Å². The number of aliphatic carboxylic acids is 1. The first kappa shape index (κ1) is 25.8. The van der Waals surface area contributed by atoms with Gasteiger partial charge in [-0.15, -0.1) is 0 Å². The number of carbonyl (C=O) groups excluding carboxylic acids is 1. The summed E-state index contributed by atoms with van der Waals surface area (Å²) in [6, 6.07) is 2.64. The van der Waals surface area contributed by atoms with Crippen LogP contribution in [0.5, 0.6) is 5.75 Å². The highest BCUT2D eigenvalue weighted by Crippen LogP contribution is 2.29. The van der Waals surface area contributed by atoms with Crippen LogP contribution in [0.1, 0.15) is 55.7 Å². The van der Waals surface area contributed by atoms with E-state index >= 15 is 0 Å². The van der Waals surface area contributed by atoms with Gasteiger partial charge >= 0.3 is 11.6 Å². The third-order valence-corrected chi connectivity index (χ3v) is 6.18. The lowest BCUT2D eigenvalue weighted by Crippen LogP contribution is -2.43. The molecule has 8 heteroatoms. The summed E-state index contributed by atoms with van der Waals surface area (Å²) < 4.78 is 11.3. The Morgan fingerprint density at radius 1 is 1.19 bits per heavy atom. The van der Waals surface area contributed by atoms with E-state index < -0.39 is 17.9 Å². The highest BCUT2D eigenvalue weighted by molar-refractivity contribution is 7.98. The molecule has 1 aromatic carbocycles. The van der Waals surface area contributed by atoms with Crippen LogP contribution < -0.4 is 15.7 Å². The molecule has 0 saturated heterocycles. The second kappa shape index (κ2) is 12.5. The van der Waals surface area contributed by atoms with Crippen molar-refractivity contribution >= 4 is 34.6 Å². The number of amides is 1. The maximum Gasteiger partial charge on any atom is 0.339 e. The Morgan fingerprint density at radius 3 is 2.59 bits per heavy atom. The molecule has 0 radical (unpaired) electrons. The molecule has 0 fully saturated rings. The van der Waals surface area contributed by atoms with Crippen molar-refractivity contribution in [2.24, 2.45) is 0 Å². The minimum absolute atomic E-state index is 0.325. The molecule has 0 aliphatic carbocycles. The first-order valence-electron chi connectivity index (χ1n) is 11.0. The minimum atomic E-state index is -1.07. The lowest BCUT2D eigenvalue weighted by atomic mass is 9.99. The van der Waals surface area contributed by atoms with Crippen molar-refractivity contribution < 1.29 is 23.8 Å². The SMILES string of the molecule is CCCCCCc1c(C)c2ccc(OCC(=O)NC(CCSC)C(=O)O)c(C)c2oc1=O. The quantitative estimate of drug-likeness (QED) is 0.338. The van der Waals surface area contributed by atoms with Gasteiger partial charge in [-0.1, -0.05) is 26.2 Å². The van der Waals surface area contributed by atoms with Crippen LogP contribution in [0.3, 0.4) is 0 Å². The van der Waals surface area contributed by atoms with Gasteiger partial charge in [0.2, 0.25) is 0 Å². The molecule has 0 aliphatic rings. The average molecular weight is 464 g/mol. The summed E-state index contributed by atoms with van der Waals surface area (Å²) in [6.45, 7) is 5.53. The second-order valence-corrected chi connectivity index (χ2v) is 8.88. The Labute approximate surface area is 192 Å². The molecule has 2 rings (SSSR count). The van der Waals surface area contributed by atoms with Crippen LogP contribution in [0.2, 0.25) is 0 Å². The Morgan fingerprint density at radius 2 is 1.94 bits per heavy atom. The van der Waals surface area contributed by atoms with Crippen LogP contribution >= 0.6 is 11.8 Å². The van der Waals surface area contributed by atoms with E-state index in [1.165, 1.54) is 11.8 Å². The number of carboxylic acid groups (broad SMARTS) is 1. The molecule has 2 N–H and O–H groups in total. The van der Waals surface area contributed by atoms with E-state index in [9.17, 15) is 19.5 Å². The number of thioether (sulfide) groups is 1. The van der Waals surface area contributed by atoms with Gasteiger partial charge in [0, 0.05) is 16.5 Å². The Kier molecular flexibility index (Phi) is 10.1. The van der Waals surface area contributed by atoms with Crippen molar-refractivity contribution in [1.82, 2.24) is 5.32 Å². The first-order chi connectivity index (χ1) is 15.3. The zero-order valence-corrected chi connectivity index (χ0v) is 20.1. The monoisotopic (exact) mass is 463 g/mol. The summed E-state index contributed by atoms with van der Waals surface area (Å²) in [7, 11) is 0. The molecule has 0 bridgehead atoms. The number of aryl methyl sites for hydroxylation is 2. The number of rotatable bonds is 13. The number of ether oxygens (including phenoxy) is 1. The predicted octanol–water partition coefficient (Wildman–Crippen LogP) is 4.23. The van der Waals surface area contributed by atoms with E-state index in [4.69, 9.17) is 9.15 Å². The van der Waals surface area contributed by atoms with Gasteiger partial charge in [0.25, 0.3) is 5.91 Å². The molecule has 0 aliphatic heterocycles. The first-order valence-corrected chi connectivity index (χ1v) is 12.4. The highest BCUT2D eigenvalue weighted by atomic mass is 32.2. The van der Waals surface area contributed by atoms with Crippen molar-refractivity contribution in [3.63, 3.8) is 0 Å². The Bertz CT molecular complexity index is 1000. The molecule has 32 heavy (non-hydrogen) atoms. The van der Waals surface area contributed by atoms with Crippen LogP contribution in [-0.4, -0.2) is 41.6 Å². The number of carboxylic acids is 1. The molecule has 1 aromatic heterocycles. The topological polar surface area (TPSA) is 106 Å². The number of hydrogen-bond acceptors (Lipinski definition) is 6. The van der Waals surface area contributed by atoms with Gasteiger partial charge in [-0.2, -0.15) is 11.8 Å². The largest absolute Gasteiger partial charge is 0.483 e. The molecule has 176 valence electrons. The number of hydrogen-bond donors (Lipinski definition) is 2. The number of fused-ring (bicyclic) bond motifs is 1. The summed E-state index contributed by atoms with van der Waals surface area (Å²) in [5.74, 6) is -0.544. The second-order valence-electron chi connectivity index (χ2n) is 7.90. The molecule has 0 saturated carbocycles. The van der Waals surface area contributed by atoms with E-state index in [2.05, 4.69) is 12.2 Å². The van der Waals surface area contributed by atoms with Crippen LogP contribution in [0.25, 0.3) is 11.0 Å². The molecular formula is C24H33NO6S. The Balaban J connectivity index is 2.13. The molecule has 1 unspecified atom stereocenters. The normalized spacial score (nSPS) is 12.0. The average Bonchev–Trinajstić information content (AvgIpc) is 2.75. The van der Waals surface area contributed by atoms with Crippen LogP contribution in [0.15, 0.2) is 21.3 Å². The summed E-state index contributed by atoms with van der Waals surface area (Å²) in [6.07, 6.45) is 7.24. The maximum absolute atomic E-state index is 12.6. The summed E-state index contributed by atoms with van der Waals surface area (Å²) >= 11 is 1.52. The van der Waals surface area contributed by atoms with Crippen molar-refractivity contribution in [2.45, 2.75) is 65.3 Å². The molecular weight excluding hydrogens is 430 g/mol. The molecule has 0 spiro atoms. The maximum atomic E-state index is 12.6. The summed E-state index contributed by atoms with van der Waals surface area (Å²) in [4.78, 5) is 36.1. The summed E-state index contributed by atoms with van der Waals surface area (Å²) in [5.41, 5.74) is 2.38. The van der Waals surface area contributed by atoms with E-state index in [0.717, 1.165) is 36.6 Å². The zero-order valence-electron chi connectivity index (χ0n) is 19.3. The van der Waals surface area contributed by atoms with Crippen LogP contribution in [0.4, 0.5) is 0 Å². The number of nitrogens with one attached hydrogen (secondary N) is 1. The van der Waals surface area contributed by atoms with E-state index in [-0.39, 0.29) is 12.2 Å². The number of unbranched alkanes of at least 4 members (excludes halogenated alkanes) is 3. The van der Waals surface area contributed by atoms with Gasteiger partial charge in [-0.25, -0.2) is 9.59 Å². The molecule has 1 heterocycles. The smallest absolute Gasteiger partial charge is 0.339 e. The zero-order chi connectivity index (χ0) is 23.7. The van der Waals surface area contributed by atoms with Crippen molar-refractivity contribution in [3.05, 3.63) is 39.2 Å². The third-order valence-electron chi connectivity index (χ3n) is 5.54. The van der Waals surface area contributed by atoms with Gasteiger partial charge < -0.3 is 19.6 Å². The van der Waals surface area contributed by atoms with E-state index in [0.29, 0.717) is 41.1 Å². The van der Waals surface area contributed by atoms with Gasteiger partial charge in [-0.05, 0) is 62.8 Å². The Hall–Kier alpha value is -2.48. The summed E-state index contributed by atoms with van der Waals surface area (Å²) in [5, 5.41) is 12.6. The fourth-order valence-corrected chi connectivity index (χ4v) is 4.09. The van der Waals surface area contributed by atoms with Crippen molar-refractivity contribution in [2.75, 3.05) is 18.6 Å².